The van der Waals surface area contributed by atoms with Gasteiger partial charge in [0.25, 0.3) is 0 Å². The SMILES string of the molecule is CC1(C)C2CCC1(CS(=O)(=O)Nc1cc(Cl)cc(Cl)c1)C(=O)C2. The highest BCUT2D eigenvalue weighted by Gasteiger charge is 2.65. The van der Waals surface area contributed by atoms with E-state index < -0.39 is 15.4 Å². The molecule has 23 heavy (non-hydrogen) atoms. The number of anilines is 1. The van der Waals surface area contributed by atoms with Crippen molar-refractivity contribution in [1.29, 1.82) is 0 Å². The van der Waals surface area contributed by atoms with Gasteiger partial charge < -0.3 is 0 Å². The van der Waals surface area contributed by atoms with Crippen molar-refractivity contribution in [1.82, 2.24) is 0 Å². The largest absolute Gasteiger partial charge is 0.299 e. The topological polar surface area (TPSA) is 63.2 Å². The monoisotopic (exact) mass is 375 g/mol. The number of sulfonamides is 1. The van der Waals surface area contributed by atoms with E-state index in [1.807, 2.05) is 13.8 Å². The van der Waals surface area contributed by atoms with Gasteiger partial charge in [-0.05, 0) is 42.4 Å². The molecule has 2 aliphatic carbocycles. The standard InChI is InChI=1S/C16H19Cl2NO3S/c1-15(2)10-3-4-16(15,14(20)5-10)9-23(21,22)19-13-7-11(17)6-12(18)8-13/h6-8,10,19H,3-5,9H2,1-2H3. The van der Waals surface area contributed by atoms with Crippen LogP contribution in [-0.2, 0) is 14.8 Å². The van der Waals surface area contributed by atoms with Crippen molar-refractivity contribution >= 4 is 44.7 Å². The smallest absolute Gasteiger partial charge is 0.233 e. The lowest BCUT2D eigenvalue weighted by Crippen LogP contribution is -2.43. The van der Waals surface area contributed by atoms with Crippen LogP contribution in [-0.4, -0.2) is 20.0 Å². The van der Waals surface area contributed by atoms with E-state index in [1.165, 1.54) is 18.2 Å². The van der Waals surface area contributed by atoms with Crippen LogP contribution in [0.3, 0.4) is 0 Å². The van der Waals surface area contributed by atoms with Crippen LogP contribution in [0.5, 0.6) is 0 Å². The Balaban J connectivity index is 1.88. The molecule has 126 valence electrons. The third-order valence-electron chi connectivity index (χ3n) is 5.71. The molecule has 1 aromatic rings. The molecule has 3 rings (SSSR count). The quantitative estimate of drug-likeness (QED) is 0.860. The molecule has 2 fully saturated rings. The number of carbonyl (C=O) groups is 1. The molecule has 2 atom stereocenters. The molecule has 0 amide bonds. The van der Waals surface area contributed by atoms with Gasteiger partial charge in [0.15, 0.2) is 0 Å². The summed E-state index contributed by atoms with van der Waals surface area (Å²) in [5, 5.41) is 0.707. The lowest BCUT2D eigenvalue weighted by atomic mass is 9.70. The Morgan fingerprint density at radius 1 is 1.22 bits per heavy atom. The van der Waals surface area contributed by atoms with Gasteiger partial charge in [-0.15, -0.1) is 0 Å². The van der Waals surface area contributed by atoms with Crippen LogP contribution < -0.4 is 4.72 Å². The van der Waals surface area contributed by atoms with Gasteiger partial charge in [-0.3, -0.25) is 9.52 Å². The van der Waals surface area contributed by atoms with Crippen LogP contribution in [0.15, 0.2) is 18.2 Å². The summed E-state index contributed by atoms with van der Waals surface area (Å²) in [4.78, 5) is 12.5. The molecular formula is C16H19Cl2NO3S. The third kappa shape index (κ3) is 2.77. The number of halogens is 2. The Bertz CT molecular complexity index is 755. The number of hydrogen-bond acceptors (Lipinski definition) is 3. The molecule has 2 bridgehead atoms. The van der Waals surface area contributed by atoms with E-state index in [-0.39, 0.29) is 22.9 Å². The fourth-order valence-corrected chi connectivity index (χ4v) is 6.66. The Labute approximate surface area is 146 Å². The summed E-state index contributed by atoms with van der Waals surface area (Å²) in [6, 6.07) is 4.54. The predicted octanol–water partition coefficient (Wildman–Crippen LogP) is 4.13. The van der Waals surface area contributed by atoms with Gasteiger partial charge >= 0.3 is 0 Å². The van der Waals surface area contributed by atoms with Gasteiger partial charge in [-0.1, -0.05) is 37.0 Å². The highest BCUT2D eigenvalue weighted by atomic mass is 35.5. The minimum Gasteiger partial charge on any atom is -0.299 e. The molecule has 1 aromatic carbocycles. The van der Waals surface area contributed by atoms with Crippen molar-refractivity contribution in [3.05, 3.63) is 28.2 Å². The molecule has 2 saturated carbocycles. The summed E-state index contributed by atoms with van der Waals surface area (Å²) in [6.45, 7) is 4.03. The third-order valence-corrected chi connectivity index (χ3v) is 7.57. The van der Waals surface area contributed by atoms with Crippen LogP contribution in [0.25, 0.3) is 0 Å². The second kappa shape index (κ2) is 5.36. The Hall–Kier alpha value is -0.780. The Morgan fingerprint density at radius 2 is 1.83 bits per heavy atom. The molecule has 0 radical (unpaired) electrons. The van der Waals surface area contributed by atoms with Crippen molar-refractivity contribution in [2.75, 3.05) is 10.5 Å². The Morgan fingerprint density at radius 3 is 2.30 bits per heavy atom. The van der Waals surface area contributed by atoms with Crippen molar-refractivity contribution in [3.63, 3.8) is 0 Å². The van der Waals surface area contributed by atoms with Crippen LogP contribution in [0.1, 0.15) is 33.1 Å². The van der Waals surface area contributed by atoms with Crippen molar-refractivity contribution in [2.45, 2.75) is 33.1 Å². The Kier molecular flexibility index (Phi) is 3.98. The summed E-state index contributed by atoms with van der Waals surface area (Å²) >= 11 is 11.8. The van der Waals surface area contributed by atoms with Crippen LogP contribution >= 0.6 is 23.2 Å². The number of nitrogens with one attached hydrogen (secondary N) is 1. The number of rotatable bonds is 4. The predicted molar refractivity (Wildman–Crippen MR) is 92.4 cm³/mol. The summed E-state index contributed by atoms with van der Waals surface area (Å²) in [5.74, 6) is 0.172. The van der Waals surface area contributed by atoms with Gasteiger partial charge in [-0.25, -0.2) is 8.42 Å². The molecule has 7 heteroatoms. The summed E-state index contributed by atoms with van der Waals surface area (Å²) < 4.78 is 27.8. The van der Waals surface area contributed by atoms with Crippen molar-refractivity contribution in [3.8, 4) is 0 Å². The van der Waals surface area contributed by atoms with E-state index in [9.17, 15) is 13.2 Å². The molecule has 4 nitrogen and oxygen atoms in total. The number of ketones is 1. The fourth-order valence-electron chi connectivity index (χ4n) is 4.26. The second-order valence-corrected chi connectivity index (χ2v) is 9.78. The van der Waals surface area contributed by atoms with Crippen LogP contribution in [0.2, 0.25) is 10.0 Å². The maximum atomic E-state index is 12.6. The van der Waals surface area contributed by atoms with Crippen molar-refractivity contribution < 1.29 is 13.2 Å². The number of hydrogen-bond donors (Lipinski definition) is 1. The maximum absolute atomic E-state index is 12.6. The number of Topliss-reactive ketones (excluding diaryl/α,β-unsaturated/α-hetero) is 1. The summed E-state index contributed by atoms with van der Waals surface area (Å²) in [7, 11) is -3.69. The number of benzene rings is 1. The highest BCUT2D eigenvalue weighted by Crippen LogP contribution is 2.64. The van der Waals surface area contributed by atoms with Crippen LogP contribution in [0, 0.1) is 16.7 Å². The first-order chi connectivity index (χ1) is 10.6. The van der Waals surface area contributed by atoms with Gasteiger partial charge in [0, 0.05) is 16.5 Å². The van der Waals surface area contributed by atoms with Gasteiger partial charge in [0.1, 0.15) is 5.78 Å². The molecule has 0 spiro atoms. The van der Waals surface area contributed by atoms with E-state index in [4.69, 9.17) is 23.2 Å². The van der Waals surface area contributed by atoms with Gasteiger partial charge in [-0.2, -0.15) is 0 Å². The van der Waals surface area contributed by atoms with E-state index >= 15 is 0 Å². The number of fused-ring (bicyclic) bond motifs is 2. The van der Waals surface area contributed by atoms with E-state index in [1.54, 1.807) is 0 Å². The van der Waals surface area contributed by atoms with E-state index in [2.05, 4.69) is 4.72 Å². The summed E-state index contributed by atoms with van der Waals surface area (Å²) in [6.07, 6.45) is 2.05. The average molecular weight is 376 g/mol. The molecule has 0 heterocycles. The molecule has 1 N–H and O–H groups in total. The second-order valence-electron chi connectivity index (χ2n) is 7.19. The molecule has 0 aromatic heterocycles. The van der Waals surface area contributed by atoms with Crippen LogP contribution in [0.4, 0.5) is 5.69 Å². The van der Waals surface area contributed by atoms with E-state index in [0.717, 1.165) is 6.42 Å². The fraction of sp³-hybridized carbons (Fsp3) is 0.562. The van der Waals surface area contributed by atoms with Gasteiger partial charge in [0.2, 0.25) is 10.0 Å². The lowest BCUT2D eigenvalue weighted by molar-refractivity contribution is -0.128. The lowest BCUT2D eigenvalue weighted by Gasteiger charge is -2.36. The zero-order chi connectivity index (χ0) is 17.0. The first-order valence-corrected chi connectivity index (χ1v) is 9.96. The van der Waals surface area contributed by atoms with Gasteiger partial charge in [0.05, 0.1) is 16.9 Å². The maximum Gasteiger partial charge on any atom is 0.233 e. The molecule has 2 unspecified atom stereocenters. The van der Waals surface area contributed by atoms with Crippen molar-refractivity contribution in [2.24, 2.45) is 16.7 Å². The average Bonchev–Trinajstić information content (AvgIpc) is 2.70. The number of carbonyl (C=O) groups excluding carboxylic acids is 1. The normalized spacial score (nSPS) is 29.0. The molecular weight excluding hydrogens is 357 g/mol. The van der Waals surface area contributed by atoms with E-state index in [0.29, 0.717) is 28.6 Å². The zero-order valence-corrected chi connectivity index (χ0v) is 15.4. The summed E-state index contributed by atoms with van der Waals surface area (Å²) in [5.41, 5.74) is -0.756. The molecule has 0 aliphatic heterocycles. The first kappa shape index (κ1) is 17.1. The minimum absolute atomic E-state index is 0.0771. The first-order valence-electron chi connectivity index (χ1n) is 7.56. The molecule has 0 saturated heterocycles. The highest BCUT2D eigenvalue weighted by molar-refractivity contribution is 7.92. The zero-order valence-electron chi connectivity index (χ0n) is 13.0. The minimum atomic E-state index is -3.69. The molecule has 2 aliphatic rings.